The number of carbonyl (C=O) groups is 1. The molecule has 0 spiro atoms. The van der Waals surface area contributed by atoms with Gasteiger partial charge in [-0.1, -0.05) is 18.2 Å². The minimum absolute atomic E-state index is 0.0735. The van der Waals surface area contributed by atoms with Crippen LogP contribution in [0.25, 0.3) is 11.3 Å². The molecule has 5 nitrogen and oxygen atoms in total. The van der Waals surface area contributed by atoms with Gasteiger partial charge in [-0.3, -0.25) is 9.89 Å². The lowest BCUT2D eigenvalue weighted by Gasteiger charge is -2.40. The molecule has 2 aromatic rings. The molecule has 1 aliphatic heterocycles. The predicted molar refractivity (Wildman–Crippen MR) is 106 cm³/mol. The number of aromatic amines is 1. The number of amides is 1. The molecular weight excluding hydrogens is 324 g/mol. The molecule has 0 radical (unpaired) electrons. The Kier molecular flexibility index (Phi) is 5.26. The van der Waals surface area contributed by atoms with E-state index < -0.39 is 0 Å². The Labute approximate surface area is 154 Å². The predicted octanol–water partition coefficient (Wildman–Crippen LogP) is 4.33. The molecule has 0 fully saturated rings. The number of hydrogen-bond donors (Lipinski definition) is 2. The van der Waals surface area contributed by atoms with Gasteiger partial charge in [-0.15, -0.1) is 0 Å². The van der Waals surface area contributed by atoms with Crippen molar-refractivity contribution in [2.75, 3.05) is 4.90 Å². The zero-order valence-electron chi connectivity index (χ0n) is 15.8. The van der Waals surface area contributed by atoms with Crippen molar-refractivity contribution in [2.24, 2.45) is 0 Å². The fraction of sp³-hybridized carbons (Fsp3) is 0.333. The summed E-state index contributed by atoms with van der Waals surface area (Å²) >= 11 is 0. The van der Waals surface area contributed by atoms with Crippen LogP contribution in [0.1, 0.15) is 45.7 Å². The second-order valence-corrected chi connectivity index (χ2v) is 6.65. The van der Waals surface area contributed by atoms with E-state index in [9.17, 15) is 4.79 Å². The van der Waals surface area contributed by atoms with Crippen molar-refractivity contribution in [2.45, 2.75) is 46.2 Å². The summed E-state index contributed by atoms with van der Waals surface area (Å²) in [6.07, 6.45) is 8.83. The second-order valence-electron chi connectivity index (χ2n) is 6.65. The molecule has 1 amide bonds. The van der Waals surface area contributed by atoms with Crippen LogP contribution in [0.5, 0.6) is 0 Å². The Morgan fingerprint density at radius 1 is 1.35 bits per heavy atom. The molecule has 0 aliphatic carbocycles. The Morgan fingerprint density at radius 3 is 2.77 bits per heavy atom. The van der Waals surface area contributed by atoms with Crippen molar-refractivity contribution < 1.29 is 4.79 Å². The molecule has 26 heavy (non-hydrogen) atoms. The zero-order valence-corrected chi connectivity index (χ0v) is 15.8. The van der Waals surface area contributed by atoms with Crippen LogP contribution >= 0.6 is 0 Å². The average Bonchev–Trinajstić information content (AvgIpc) is 3.15. The molecule has 0 saturated heterocycles. The fourth-order valence-corrected chi connectivity index (χ4v) is 3.67. The van der Waals surface area contributed by atoms with E-state index in [-0.39, 0.29) is 18.0 Å². The number of aromatic nitrogens is 2. The van der Waals surface area contributed by atoms with E-state index in [1.807, 2.05) is 49.2 Å². The van der Waals surface area contributed by atoms with E-state index in [1.165, 1.54) is 0 Å². The number of nitrogens with one attached hydrogen (secondary N) is 2. The molecule has 2 heterocycles. The van der Waals surface area contributed by atoms with E-state index in [1.54, 1.807) is 6.92 Å². The van der Waals surface area contributed by atoms with E-state index in [4.69, 9.17) is 0 Å². The Hall–Kier alpha value is -2.82. The van der Waals surface area contributed by atoms with Crippen LogP contribution in [-0.2, 0) is 4.79 Å². The van der Waals surface area contributed by atoms with Crippen molar-refractivity contribution in [1.82, 2.24) is 15.5 Å². The van der Waals surface area contributed by atoms with Crippen LogP contribution in [0.3, 0.4) is 0 Å². The largest absolute Gasteiger partial charge is 0.378 e. The molecule has 1 aliphatic rings. The zero-order chi connectivity index (χ0) is 18.7. The number of carbonyl (C=O) groups excluding carboxylic acids is 1. The molecule has 2 N–H and O–H groups in total. The van der Waals surface area contributed by atoms with Crippen molar-refractivity contribution >= 4 is 11.6 Å². The van der Waals surface area contributed by atoms with Crippen molar-refractivity contribution in [3.05, 3.63) is 60.0 Å². The number of rotatable bonds is 4. The molecule has 1 aromatic heterocycles. The van der Waals surface area contributed by atoms with Gasteiger partial charge in [0.2, 0.25) is 5.91 Å². The van der Waals surface area contributed by atoms with Crippen LogP contribution in [0, 0.1) is 0 Å². The summed E-state index contributed by atoms with van der Waals surface area (Å²) in [5, 5.41) is 10.8. The number of H-pyrrole nitrogens is 1. The lowest BCUT2D eigenvalue weighted by molar-refractivity contribution is -0.117. The molecule has 0 saturated carbocycles. The summed E-state index contributed by atoms with van der Waals surface area (Å²) in [4.78, 5) is 14.1. The minimum atomic E-state index is 0.0735. The molecule has 0 bridgehead atoms. The molecule has 5 heteroatoms. The first-order valence-corrected chi connectivity index (χ1v) is 9.04. The van der Waals surface area contributed by atoms with Gasteiger partial charge in [0.15, 0.2) is 0 Å². The highest BCUT2D eigenvalue weighted by atomic mass is 16.2. The maximum atomic E-state index is 12.2. The number of benzene rings is 1. The molecule has 1 aromatic carbocycles. The van der Waals surface area contributed by atoms with E-state index >= 15 is 0 Å². The van der Waals surface area contributed by atoms with Crippen LogP contribution in [-0.4, -0.2) is 22.1 Å². The van der Waals surface area contributed by atoms with E-state index in [0.717, 1.165) is 34.6 Å². The van der Waals surface area contributed by atoms with Gasteiger partial charge in [-0.05, 0) is 57.0 Å². The number of fused-ring (bicyclic) bond motifs is 1. The fourth-order valence-electron chi connectivity index (χ4n) is 3.67. The second kappa shape index (κ2) is 7.60. The van der Waals surface area contributed by atoms with E-state index in [0.29, 0.717) is 0 Å². The highest BCUT2D eigenvalue weighted by Gasteiger charge is 2.32. The topological polar surface area (TPSA) is 61.0 Å². The van der Waals surface area contributed by atoms with Crippen LogP contribution in [0.4, 0.5) is 5.69 Å². The number of nitrogens with zero attached hydrogens (tertiary/aromatic N) is 2. The van der Waals surface area contributed by atoms with Gasteiger partial charge < -0.3 is 10.2 Å². The lowest BCUT2D eigenvalue weighted by Crippen LogP contribution is -2.44. The Bertz CT molecular complexity index is 836. The lowest BCUT2D eigenvalue weighted by atomic mass is 9.89. The van der Waals surface area contributed by atoms with Gasteiger partial charge in [0, 0.05) is 36.1 Å². The number of hydrogen-bond acceptors (Lipinski definition) is 3. The Morgan fingerprint density at radius 2 is 2.15 bits per heavy atom. The summed E-state index contributed by atoms with van der Waals surface area (Å²) < 4.78 is 0. The number of anilines is 1. The SMILES string of the molecule is C/C=C\C(=C/C)NC1CC(C)N(C(C)=O)c2ccc(-c3cc[nH]n3)cc21. The third-order valence-electron chi connectivity index (χ3n) is 4.81. The van der Waals surface area contributed by atoms with Crippen molar-refractivity contribution in [1.29, 1.82) is 0 Å². The molecule has 2 unspecified atom stereocenters. The van der Waals surface area contributed by atoms with Gasteiger partial charge in [0.05, 0.1) is 11.7 Å². The van der Waals surface area contributed by atoms with Crippen LogP contribution in [0.15, 0.2) is 54.4 Å². The normalized spacial score (nSPS) is 20.3. The molecular formula is C21H26N4O. The summed E-state index contributed by atoms with van der Waals surface area (Å²) in [5.41, 5.74) is 5.13. The Balaban J connectivity index is 2.07. The third kappa shape index (κ3) is 3.43. The quantitative estimate of drug-likeness (QED) is 0.807. The first-order chi connectivity index (χ1) is 12.5. The molecule has 136 valence electrons. The first kappa shape index (κ1) is 18.0. The summed E-state index contributed by atoms with van der Waals surface area (Å²) in [6, 6.07) is 8.44. The molecule has 3 rings (SSSR count). The van der Waals surface area contributed by atoms with Gasteiger partial charge in [0.1, 0.15) is 0 Å². The highest BCUT2D eigenvalue weighted by molar-refractivity contribution is 5.94. The highest BCUT2D eigenvalue weighted by Crippen LogP contribution is 2.39. The monoisotopic (exact) mass is 350 g/mol. The van der Waals surface area contributed by atoms with Crippen LogP contribution < -0.4 is 10.2 Å². The van der Waals surface area contributed by atoms with Crippen molar-refractivity contribution in [3.63, 3.8) is 0 Å². The first-order valence-electron chi connectivity index (χ1n) is 9.04. The minimum Gasteiger partial charge on any atom is -0.378 e. The smallest absolute Gasteiger partial charge is 0.224 e. The maximum absolute atomic E-state index is 12.2. The van der Waals surface area contributed by atoms with Gasteiger partial charge in [-0.25, -0.2) is 0 Å². The summed E-state index contributed by atoms with van der Waals surface area (Å²) in [6.45, 7) is 7.77. The maximum Gasteiger partial charge on any atom is 0.224 e. The van der Waals surface area contributed by atoms with Gasteiger partial charge in [0.25, 0.3) is 0 Å². The van der Waals surface area contributed by atoms with Gasteiger partial charge in [-0.2, -0.15) is 5.10 Å². The van der Waals surface area contributed by atoms with Gasteiger partial charge >= 0.3 is 0 Å². The summed E-state index contributed by atoms with van der Waals surface area (Å²) in [7, 11) is 0. The molecule has 2 atom stereocenters. The van der Waals surface area contributed by atoms with E-state index in [2.05, 4.69) is 40.7 Å². The third-order valence-corrected chi connectivity index (χ3v) is 4.81. The number of allylic oxidation sites excluding steroid dienone is 3. The van der Waals surface area contributed by atoms with Crippen molar-refractivity contribution in [3.8, 4) is 11.3 Å². The average molecular weight is 350 g/mol. The standard InChI is InChI=1S/C21H26N4O/c1-5-7-17(6-2)23-20-12-14(3)25(15(4)26)21-9-8-16(13-18(20)21)19-10-11-22-24-19/h5-11,13-14,20,23H,12H2,1-4H3,(H,22,24)/b7-5-,17-6+. The van der Waals surface area contributed by atoms with Crippen LogP contribution in [0.2, 0.25) is 0 Å². The summed E-state index contributed by atoms with van der Waals surface area (Å²) in [5.74, 6) is 0.0735.